The molecule has 4 rings (SSSR count). The van der Waals surface area contributed by atoms with Crippen molar-refractivity contribution in [1.29, 1.82) is 0 Å². The molecule has 0 aromatic carbocycles. The van der Waals surface area contributed by atoms with Gasteiger partial charge in [0.25, 0.3) is 0 Å². The smallest absolute Gasteiger partial charge is 0.159 e. The standard InChI is InChI=1S/C14H20O/c1-8(2)9-6-7-14(3)10-4-5-11(15)13(14)12(9)10/h4-5,8-10,12-13H,6-7H2,1-3H3/t9-,10?,12+,13-,14+/m1/s1. The first kappa shape index (κ1) is 9.62. The second-order valence-corrected chi connectivity index (χ2v) is 6.29. The van der Waals surface area contributed by atoms with Crippen molar-refractivity contribution < 1.29 is 4.79 Å². The van der Waals surface area contributed by atoms with Gasteiger partial charge >= 0.3 is 0 Å². The van der Waals surface area contributed by atoms with E-state index in [9.17, 15) is 4.79 Å². The zero-order valence-corrected chi connectivity index (χ0v) is 9.86. The van der Waals surface area contributed by atoms with Crippen molar-refractivity contribution in [2.75, 3.05) is 0 Å². The molecule has 3 saturated carbocycles. The predicted molar refractivity (Wildman–Crippen MR) is 60.3 cm³/mol. The minimum absolute atomic E-state index is 0.335. The molecule has 1 unspecified atom stereocenters. The average Bonchev–Trinajstić information content (AvgIpc) is 2.17. The summed E-state index contributed by atoms with van der Waals surface area (Å²) in [5.41, 5.74) is 0.335. The van der Waals surface area contributed by atoms with Gasteiger partial charge in [-0.25, -0.2) is 0 Å². The van der Waals surface area contributed by atoms with Gasteiger partial charge in [-0.05, 0) is 48.0 Å². The number of carbonyl (C=O) groups is 1. The monoisotopic (exact) mass is 204 g/mol. The van der Waals surface area contributed by atoms with Crippen LogP contribution in [-0.2, 0) is 4.79 Å². The van der Waals surface area contributed by atoms with Crippen LogP contribution in [0.5, 0.6) is 0 Å². The van der Waals surface area contributed by atoms with Gasteiger partial charge in [-0.1, -0.05) is 26.8 Å². The molecule has 3 fully saturated rings. The van der Waals surface area contributed by atoms with Crippen molar-refractivity contribution in [1.82, 2.24) is 0 Å². The number of fused-ring (bicyclic) bond motifs is 2. The molecule has 0 saturated heterocycles. The maximum Gasteiger partial charge on any atom is 0.159 e. The minimum Gasteiger partial charge on any atom is -0.295 e. The molecule has 15 heavy (non-hydrogen) atoms. The third-order valence-corrected chi connectivity index (χ3v) is 5.41. The van der Waals surface area contributed by atoms with Gasteiger partial charge in [-0.3, -0.25) is 4.79 Å². The summed E-state index contributed by atoms with van der Waals surface area (Å²) >= 11 is 0. The summed E-state index contributed by atoms with van der Waals surface area (Å²) in [5, 5.41) is 0. The van der Waals surface area contributed by atoms with Crippen molar-refractivity contribution in [3.8, 4) is 0 Å². The van der Waals surface area contributed by atoms with Crippen LogP contribution in [0.3, 0.4) is 0 Å². The molecule has 1 nitrogen and oxygen atoms in total. The summed E-state index contributed by atoms with van der Waals surface area (Å²) in [6.07, 6.45) is 6.66. The molecule has 0 amide bonds. The summed E-state index contributed by atoms with van der Waals surface area (Å²) in [6.45, 7) is 6.96. The highest BCUT2D eigenvalue weighted by Crippen LogP contribution is 2.69. The van der Waals surface area contributed by atoms with E-state index in [0.29, 0.717) is 29.0 Å². The van der Waals surface area contributed by atoms with E-state index in [-0.39, 0.29) is 0 Å². The number of rotatable bonds is 1. The van der Waals surface area contributed by atoms with Crippen molar-refractivity contribution in [3.63, 3.8) is 0 Å². The van der Waals surface area contributed by atoms with Crippen LogP contribution in [0.25, 0.3) is 0 Å². The SMILES string of the molecule is CC(C)[C@H]1CC[C@@]2(C)C3C=CC(=O)[C@@H]2[C@H]31. The molecule has 82 valence electrons. The fourth-order valence-electron chi connectivity index (χ4n) is 4.62. The first-order chi connectivity index (χ1) is 7.05. The number of carbonyl (C=O) groups excluding carboxylic acids is 1. The van der Waals surface area contributed by atoms with Crippen molar-refractivity contribution in [2.24, 2.45) is 35.0 Å². The maximum atomic E-state index is 11.9. The van der Waals surface area contributed by atoms with Gasteiger partial charge in [0, 0.05) is 5.92 Å². The average molecular weight is 204 g/mol. The van der Waals surface area contributed by atoms with Crippen molar-refractivity contribution in [3.05, 3.63) is 12.2 Å². The lowest BCUT2D eigenvalue weighted by Gasteiger charge is -2.67. The van der Waals surface area contributed by atoms with Crippen LogP contribution in [0, 0.1) is 35.0 Å². The summed E-state index contributed by atoms with van der Waals surface area (Å²) in [7, 11) is 0. The Kier molecular flexibility index (Phi) is 1.76. The molecule has 0 heterocycles. The van der Waals surface area contributed by atoms with Crippen LogP contribution in [0.15, 0.2) is 12.2 Å². The minimum atomic E-state index is 0.335. The molecule has 0 spiro atoms. The van der Waals surface area contributed by atoms with E-state index in [2.05, 4.69) is 26.8 Å². The summed E-state index contributed by atoms with van der Waals surface area (Å²) in [6, 6.07) is 0. The fourth-order valence-corrected chi connectivity index (χ4v) is 4.62. The second kappa shape index (κ2) is 2.75. The van der Waals surface area contributed by atoms with E-state index in [1.54, 1.807) is 0 Å². The Morgan fingerprint density at radius 2 is 2.20 bits per heavy atom. The van der Waals surface area contributed by atoms with Gasteiger partial charge in [-0.2, -0.15) is 0 Å². The van der Waals surface area contributed by atoms with Crippen LogP contribution in [-0.4, -0.2) is 5.78 Å². The molecule has 0 N–H and O–H groups in total. The Hall–Kier alpha value is -0.590. The Morgan fingerprint density at radius 3 is 2.80 bits per heavy atom. The summed E-state index contributed by atoms with van der Waals surface area (Å²) in [5.74, 6) is 3.70. The first-order valence-electron chi connectivity index (χ1n) is 6.28. The van der Waals surface area contributed by atoms with Crippen molar-refractivity contribution >= 4 is 5.78 Å². The van der Waals surface area contributed by atoms with Crippen LogP contribution in [0.1, 0.15) is 33.6 Å². The zero-order valence-electron chi connectivity index (χ0n) is 9.86. The topological polar surface area (TPSA) is 17.1 Å². The lowest BCUT2D eigenvalue weighted by Crippen LogP contribution is -2.65. The Morgan fingerprint density at radius 1 is 1.47 bits per heavy atom. The highest BCUT2D eigenvalue weighted by atomic mass is 16.1. The molecule has 0 aromatic heterocycles. The third kappa shape index (κ3) is 0.971. The lowest BCUT2D eigenvalue weighted by molar-refractivity contribution is -0.183. The molecule has 1 heteroatoms. The molecule has 4 aliphatic rings. The third-order valence-electron chi connectivity index (χ3n) is 5.41. The van der Waals surface area contributed by atoms with Gasteiger partial charge < -0.3 is 0 Å². The Bertz CT molecular complexity index is 341. The van der Waals surface area contributed by atoms with E-state index in [1.165, 1.54) is 12.8 Å². The quantitative estimate of drug-likeness (QED) is 0.641. The van der Waals surface area contributed by atoms with E-state index in [4.69, 9.17) is 0 Å². The van der Waals surface area contributed by atoms with Crippen LogP contribution in [0.4, 0.5) is 0 Å². The highest BCUT2D eigenvalue weighted by Gasteiger charge is 2.66. The molecular formula is C14H20O. The van der Waals surface area contributed by atoms with Gasteiger partial charge in [0.2, 0.25) is 0 Å². The zero-order chi connectivity index (χ0) is 10.8. The normalized spacial score (nSPS) is 51.9. The number of hydrogen-bond acceptors (Lipinski definition) is 1. The molecular weight excluding hydrogens is 184 g/mol. The highest BCUT2D eigenvalue weighted by molar-refractivity contribution is 5.95. The number of hydrogen-bond donors (Lipinski definition) is 0. The van der Waals surface area contributed by atoms with Gasteiger partial charge in [-0.15, -0.1) is 0 Å². The molecule has 0 aromatic rings. The van der Waals surface area contributed by atoms with E-state index >= 15 is 0 Å². The maximum absolute atomic E-state index is 11.9. The predicted octanol–water partition coefficient (Wildman–Crippen LogP) is 3.06. The number of allylic oxidation sites excluding steroid dienone is 2. The van der Waals surface area contributed by atoms with Gasteiger partial charge in [0.1, 0.15) is 0 Å². The largest absolute Gasteiger partial charge is 0.295 e. The van der Waals surface area contributed by atoms with Crippen molar-refractivity contribution in [2.45, 2.75) is 33.6 Å². The molecule has 0 radical (unpaired) electrons. The second-order valence-electron chi connectivity index (χ2n) is 6.29. The fraction of sp³-hybridized carbons (Fsp3) is 0.786. The molecule has 5 atom stereocenters. The van der Waals surface area contributed by atoms with E-state index in [0.717, 1.165) is 11.8 Å². The molecule has 0 aliphatic heterocycles. The van der Waals surface area contributed by atoms with Crippen LogP contribution in [0.2, 0.25) is 0 Å². The summed E-state index contributed by atoms with van der Waals surface area (Å²) in [4.78, 5) is 11.9. The van der Waals surface area contributed by atoms with Gasteiger partial charge in [0.15, 0.2) is 5.78 Å². The number of ketones is 1. The summed E-state index contributed by atoms with van der Waals surface area (Å²) < 4.78 is 0. The van der Waals surface area contributed by atoms with E-state index in [1.807, 2.05) is 6.08 Å². The molecule has 4 aliphatic carbocycles. The van der Waals surface area contributed by atoms with Crippen LogP contribution < -0.4 is 0 Å². The Balaban J connectivity index is 1.98. The molecule has 4 bridgehead atoms. The lowest BCUT2D eigenvalue weighted by atomic mass is 9.36. The van der Waals surface area contributed by atoms with Gasteiger partial charge in [0.05, 0.1) is 0 Å². The van der Waals surface area contributed by atoms with E-state index < -0.39 is 0 Å². The van der Waals surface area contributed by atoms with Crippen LogP contribution >= 0.6 is 0 Å². The Labute approximate surface area is 91.9 Å². The first-order valence-corrected chi connectivity index (χ1v) is 6.28.